The summed E-state index contributed by atoms with van der Waals surface area (Å²) >= 11 is 0. The number of methoxy groups -OCH3 is 2. The molecule has 1 unspecified atom stereocenters. The minimum absolute atomic E-state index is 0.00126. The summed E-state index contributed by atoms with van der Waals surface area (Å²) in [6.07, 6.45) is 0.268. The van der Waals surface area contributed by atoms with Gasteiger partial charge in [-0.2, -0.15) is 4.80 Å². The Bertz CT molecular complexity index is 1220. The number of carbonyl (C=O) groups is 2. The number of tetrazole rings is 1. The van der Waals surface area contributed by atoms with Gasteiger partial charge >= 0.3 is 0 Å². The van der Waals surface area contributed by atoms with Crippen molar-refractivity contribution in [2.24, 2.45) is 0 Å². The molecule has 3 rings (SSSR count). The van der Waals surface area contributed by atoms with Crippen molar-refractivity contribution >= 4 is 17.5 Å². The van der Waals surface area contributed by atoms with Crippen molar-refractivity contribution in [3.63, 3.8) is 0 Å². The number of benzene rings is 2. The minimum atomic E-state index is -0.942. The number of halogens is 1. The quantitative estimate of drug-likeness (QED) is 0.482. The van der Waals surface area contributed by atoms with Gasteiger partial charge in [-0.3, -0.25) is 14.5 Å². The molecule has 1 heterocycles. The van der Waals surface area contributed by atoms with E-state index in [2.05, 4.69) is 20.7 Å². The molecule has 0 aliphatic heterocycles. The topological polar surface area (TPSA) is 111 Å². The van der Waals surface area contributed by atoms with E-state index >= 15 is 0 Å². The van der Waals surface area contributed by atoms with Crippen molar-refractivity contribution in [3.05, 3.63) is 48.3 Å². The summed E-state index contributed by atoms with van der Waals surface area (Å²) in [5.41, 5.74) is 0.0721. The monoisotopic (exact) mass is 498 g/mol. The number of amides is 2. The van der Waals surface area contributed by atoms with Crippen molar-refractivity contribution in [2.45, 2.75) is 52.2 Å². The largest absolute Gasteiger partial charge is 0.493 e. The highest BCUT2D eigenvalue weighted by Crippen LogP contribution is 2.31. The van der Waals surface area contributed by atoms with E-state index in [1.165, 1.54) is 32.4 Å². The van der Waals surface area contributed by atoms with E-state index in [1.807, 2.05) is 20.8 Å². The van der Waals surface area contributed by atoms with Gasteiger partial charge in [-0.05, 0) is 62.7 Å². The molecule has 1 aromatic heterocycles. The molecule has 0 bridgehead atoms. The van der Waals surface area contributed by atoms with E-state index < -0.39 is 23.3 Å². The molecule has 0 aliphatic rings. The van der Waals surface area contributed by atoms with Crippen LogP contribution in [0.3, 0.4) is 0 Å². The van der Waals surface area contributed by atoms with Crippen LogP contribution in [-0.2, 0) is 16.1 Å². The highest BCUT2D eigenvalue weighted by molar-refractivity contribution is 6.00. The highest BCUT2D eigenvalue weighted by Gasteiger charge is 2.33. The number of hydrogen-bond acceptors (Lipinski definition) is 7. The van der Waals surface area contributed by atoms with Gasteiger partial charge in [-0.25, -0.2) is 4.39 Å². The minimum Gasteiger partial charge on any atom is -0.493 e. The third-order valence-corrected chi connectivity index (χ3v) is 5.25. The van der Waals surface area contributed by atoms with Gasteiger partial charge in [0.05, 0.1) is 19.9 Å². The van der Waals surface area contributed by atoms with Crippen LogP contribution >= 0.6 is 0 Å². The predicted molar refractivity (Wildman–Crippen MR) is 132 cm³/mol. The fourth-order valence-corrected chi connectivity index (χ4v) is 3.66. The smallest absolute Gasteiger partial charge is 0.251 e. The predicted octanol–water partition coefficient (Wildman–Crippen LogP) is 3.22. The zero-order valence-corrected chi connectivity index (χ0v) is 21.3. The molecule has 0 aliphatic carbocycles. The number of hydrogen-bond donors (Lipinski definition) is 1. The van der Waals surface area contributed by atoms with Gasteiger partial charge < -0.3 is 14.8 Å². The normalized spacial score (nSPS) is 12.1. The van der Waals surface area contributed by atoms with Gasteiger partial charge in [0.1, 0.15) is 18.4 Å². The highest BCUT2D eigenvalue weighted by atomic mass is 19.1. The Morgan fingerprint density at radius 1 is 1.11 bits per heavy atom. The lowest BCUT2D eigenvalue weighted by atomic mass is 10.1. The molecule has 2 amide bonds. The lowest BCUT2D eigenvalue weighted by Gasteiger charge is -2.33. The summed E-state index contributed by atoms with van der Waals surface area (Å²) in [4.78, 5) is 28.8. The van der Waals surface area contributed by atoms with Crippen molar-refractivity contribution in [2.75, 3.05) is 19.1 Å². The van der Waals surface area contributed by atoms with Crippen molar-refractivity contribution in [3.8, 4) is 22.9 Å². The summed E-state index contributed by atoms with van der Waals surface area (Å²) in [7, 11) is 3.05. The summed E-state index contributed by atoms with van der Waals surface area (Å²) in [5, 5.41) is 15.2. The molecule has 10 nitrogen and oxygen atoms in total. The molecule has 192 valence electrons. The van der Waals surface area contributed by atoms with Gasteiger partial charge in [0.15, 0.2) is 11.5 Å². The van der Waals surface area contributed by atoms with E-state index in [4.69, 9.17) is 9.47 Å². The number of ether oxygens (including phenoxy) is 2. The fraction of sp³-hybridized carbons (Fsp3) is 0.400. The molecule has 0 spiro atoms. The lowest BCUT2D eigenvalue weighted by molar-refractivity contribution is -0.128. The maximum Gasteiger partial charge on any atom is 0.251 e. The molecule has 36 heavy (non-hydrogen) atoms. The second-order valence-electron chi connectivity index (χ2n) is 9.09. The van der Waals surface area contributed by atoms with E-state index in [0.717, 1.165) is 9.70 Å². The lowest BCUT2D eigenvalue weighted by Crippen LogP contribution is -2.54. The summed E-state index contributed by atoms with van der Waals surface area (Å²) < 4.78 is 25.4. The first-order valence-electron chi connectivity index (χ1n) is 11.5. The van der Waals surface area contributed by atoms with Gasteiger partial charge in [0, 0.05) is 11.1 Å². The van der Waals surface area contributed by atoms with Crippen LogP contribution in [0.1, 0.15) is 34.1 Å². The van der Waals surface area contributed by atoms with E-state index in [1.54, 1.807) is 31.2 Å². The summed E-state index contributed by atoms with van der Waals surface area (Å²) in [6.45, 7) is 6.91. The Morgan fingerprint density at radius 3 is 2.42 bits per heavy atom. The average Bonchev–Trinajstić information content (AvgIpc) is 3.29. The SMILES string of the molecule is CCC(C(=O)NC(C)(C)C)N(C(=O)Cn1nnc(-c2ccc(OC)c(OC)c2)n1)c1ccccc1F. The number of nitrogens with zero attached hydrogens (tertiary/aromatic N) is 5. The van der Waals surface area contributed by atoms with Crippen LogP contribution in [0.5, 0.6) is 11.5 Å². The summed E-state index contributed by atoms with van der Waals surface area (Å²) in [5.74, 6) is -0.275. The molecule has 0 saturated carbocycles. The first-order chi connectivity index (χ1) is 17.1. The Morgan fingerprint density at radius 2 is 1.81 bits per heavy atom. The number of para-hydroxylation sites is 1. The first kappa shape index (κ1) is 26.6. The molecule has 3 aromatic rings. The summed E-state index contributed by atoms with van der Waals surface area (Å²) in [6, 6.07) is 10.0. The van der Waals surface area contributed by atoms with Crippen LogP contribution in [-0.4, -0.2) is 57.8 Å². The molecule has 0 radical (unpaired) electrons. The van der Waals surface area contributed by atoms with Gasteiger partial charge in [-0.1, -0.05) is 19.1 Å². The van der Waals surface area contributed by atoms with Crippen LogP contribution in [0.15, 0.2) is 42.5 Å². The van der Waals surface area contributed by atoms with Crippen LogP contribution in [0.25, 0.3) is 11.4 Å². The Balaban J connectivity index is 1.91. The van der Waals surface area contributed by atoms with E-state index in [9.17, 15) is 14.0 Å². The molecular weight excluding hydrogens is 467 g/mol. The molecule has 1 atom stereocenters. The first-order valence-corrected chi connectivity index (χ1v) is 11.5. The van der Waals surface area contributed by atoms with Crippen LogP contribution in [0.4, 0.5) is 10.1 Å². The zero-order valence-electron chi connectivity index (χ0n) is 21.3. The van der Waals surface area contributed by atoms with E-state index in [-0.39, 0.29) is 30.4 Å². The van der Waals surface area contributed by atoms with Gasteiger partial charge in [0.2, 0.25) is 11.7 Å². The zero-order chi connectivity index (χ0) is 26.5. The molecule has 1 N–H and O–H groups in total. The molecule has 0 saturated heterocycles. The Labute approximate surface area is 209 Å². The van der Waals surface area contributed by atoms with Gasteiger partial charge in [0.25, 0.3) is 5.91 Å². The molecule has 2 aromatic carbocycles. The standard InChI is InChI=1S/C25H31FN6O4/c1-7-18(24(34)27-25(2,3)4)32(19-11-9-8-10-17(19)26)22(33)15-31-29-23(28-30-31)16-12-13-20(35-5)21(14-16)36-6/h8-14,18H,7,15H2,1-6H3,(H,27,34). The third-order valence-electron chi connectivity index (χ3n) is 5.25. The second kappa shape index (κ2) is 11.1. The fourth-order valence-electron chi connectivity index (χ4n) is 3.66. The number of nitrogens with one attached hydrogen (secondary N) is 1. The van der Waals surface area contributed by atoms with Crippen molar-refractivity contribution in [1.29, 1.82) is 0 Å². The third kappa shape index (κ3) is 6.15. The maximum absolute atomic E-state index is 14.8. The molecule has 11 heteroatoms. The molecular formula is C25H31FN6O4. The van der Waals surface area contributed by atoms with Crippen molar-refractivity contribution < 1.29 is 23.5 Å². The van der Waals surface area contributed by atoms with Crippen LogP contribution < -0.4 is 19.7 Å². The maximum atomic E-state index is 14.8. The number of carbonyl (C=O) groups excluding carboxylic acids is 2. The van der Waals surface area contributed by atoms with Gasteiger partial charge in [-0.15, -0.1) is 10.2 Å². The van der Waals surface area contributed by atoms with E-state index in [0.29, 0.717) is 17.1 Å². The Hall–Kier alpha value is -4.02. The second-order valence-corrected chi connectivity index (χ2v) is 9.09. The van der Waals surface area contributed by atoms with Crippen LogP contribution in [0.2, 0.25) is 0 Å². The Kier molecular flexibility index (Phi) is 8.23. The molecule has 0 fully saturated rings. The van der Waals surface area contributed by atoms with Crippen molar-refractivity contribution in [1.82, 2.24) is 25.5 Å². The van der Waals surface area contributed by atoms with Crippen LogP contribution in [0, 0.1) is 5.82 Å². The number of aromatic nitrogens is 4. The average molecular weight is 499 g/mol. The number of rotatable bonds is 9. The number of anilines is 1.